The van der Waals surface area contributed by atoms with Gasteiger partial charge in [0.25, 0.3) is 11.5 Å². The van der Waals surface area contributed by atoms with Gasteiger partial charge < -0.3 is 10.1 Å². The molecule has 0 spiro atoms. The van der Waals surface area contributed by atoms with Crippen LogP contribution in [0.5, 0.6) is 5.75 Å². The van der Waals surface area contributed by atoms with E-state index in [1.54, 1.807) is 54.6 Å². The minimum Gasteiger partial charge on any atom is -0.492 e. The van der Waals surface area contributed by atoms with Crippen LogP contribution in [0, 0.1) is 0 Å². The van der Waals surface area contributed by atoms with Crippen LogP contribution in [0.3, 0.4) is 0 Å². The highest BCUT2D eigenvalue weighted by Crippen LogP contribution is 2.27. The summed E-state index contributed by atoms with van der Waals surface area (Å²) in [6.07, 6.45) is 0. The summed E-state index contributed by atoms with van der Waals surface area (Å²) in [7, 11) is 0. The minimum atomic E-state index is -0.277. The largest absolute Gasteiger partial charge is 0.492 e. The maximum atomic E-state index is 12.7. The number of aromatic nitrogens is 2. The predicted molar refractivity (Wildman–Crippen MR) is 131 cm³/mol. The van der Waals surface area contributed by atoms with Gasteiger partial charge >= 0.3 is 0 Å². The van der Waals surface area contributed by atoms with E-state index < -0.39 is 0 Å². The van der Waals surface area contributed by atoms with Crippen molar-refractivity contribution >= 4 is 35.0 Å². The van der Waals surface area contributed by atoms with Gasteiger partial charge in [0.05, 0.1) is 18.0 Å². The molecule has 1 N–H and O–H groups in total. The third-order valence-corrected chi connectivity index (χ3v) is 5.81. The molecule has 4 aromatic rings. The molecule has 0 bridgehead atoms. The third-order valence-electron chi connectivity index (χ3n) is 4.62. The van der Waals surface area contributed by atoms with Crippen LogP contribution >= 0.6 is 23.4 Å². The number of hydrogen-bond acceptors (Lipinski definition) is 5. The van der Waals surface area contributed by atoms with Crippen molar-refractivity contribution in [1.29, 1.82) is 0 Å². The second-order valence-electron chi connectivity index (χ2n) is 6.91. The number of hydrogen-bond donors (Lipinski definition) is 1. The number of benzene rings is 3. The standard InChI is InChI=1S/C25H20ClN3O3S/c1-2-32-22-6-4-3-5-21(22)27-25(31)17-7-11-19(12-8-17)29-24(30)16-15-23(28-29)33-20-13-9-18(26)10-14-20/h3-16H,2H2,1H3,(H,27,31). The van der Waals surface area contributed by atoms with Crippen molar-refractivity contribution in [2.75, 3.05) is 11.9 Å². The topological polar surface area (TPSA) is 73.2 Å². The fraction of sp³-hybridized carbons (Fsp3) is 0.0800. The summed E-state index contributed by atoms with van der Waals surface area (Å²) >= 11 is 7.36. The second-order valence-corrected chi connectivity index (χ2v) is 8.44. The van der Waals surface area contributed by atoms with Crippen molar-refractivity contribution < 1.29 is 9.53 Å². The van der Waals surface area contributed by atoms with Gasteiger partial charge in [-0.15, -0.1) is 0 Å². The monoisotopic (exact) mass is 477 g/mol. The summed E-state index contributed by atoms with van der Waals surface area (Å²) in [5, 5.41) is 8.63. The lowest BCUT2D eigenvalue weighted by Crippen LogP contribution is -2.20. The summed E-state index contributed by atoms with van der Waals surface area (Å²) in [5.41, 5.74) is 1.34. The molecule has 0 aliphatic rings. The molecule has 0 fully saturated rings. The van der Waals surface area contributed by atoms with Gasteiger partial charge in [-0.3, -0.25) is 9.59 Å². The van der Waals surface area contributed by atoms with Crippen molar-refractivity contribution in [2.45, 2.75) is 16.8 Å². The fourth-order valence-corrected chi connectivity index (χ4v) is 3.96. The van der Waals surface area contributed by atoms with Crippen molar-refractivity contribution in [3.8, 4) is 11.4 Å². The Morgan fingerprint density at radius 3 is 2.45 bits per heavy atom. The number of nitrogens with one attached hydrogen (secondary N) is 1. The lowest BCUT2D eigenvalue weighted by molar-refractivity contribution is 0.102. The highest BCUT2D eigenvalue weighted by molar-refractivity contribution is 7.99. The van der Waals surface area contributed by atoms with Gasteiger partial charge in [-0.05, 0) is 73.7 Å². The highest BCUT2D eigenvalue weighted by Gasteiger charge is 2.11. The van der Waals surface area contributed by atoms with E-state index in [2.05, 4.69) is 10.4 Å². The molecule has 0 unspecified atom stereocenters. The first-order chi connectivity index (χ1) is 16.0. The molecule has 6 nitrogen and oxygen atoms in total. The maximum Gasteiger partial charge on any atom is 0.271 e. The van der Waals surface area contributed by atoms with Gasteiger partial charge in [-0.1, -0.05) is 35.5 Å². The third kappa shape index (κ3) is 5.63. The minimum absolute atomic E-state index is 0.265. The molecule has 33 heavy (non-hydrogen) atoms. The molecule has 0 radical (unpaired) electrons. The molecule has 0 aliphatic heterocycles. The van der Waals surface area contributed by atoms with Crippen molar-refractivity contribution in [3.63, 3.8) is 0 Å². The van der Waals surface area contributed by atoms with Gasteiger partial charge in [0.1, 0.15) is 10.8 Å². The lowest BCUT2D eigenvalue weighted by Gasteiger charge is -2.12. The van der Waals surface area contributed by atoms with E-state index in [1.165, 1.54) is 22.5 Å². The van der Waals surface area contributed by atoms with Crippen LogP contribution in [0.1, 0.15) is 17.3 Å². The Labute approximate surface area is 200 Å². The first kappa shape index (κ1) is 22.6. The van der Waals surface area contributed by atoms with Crippen LogP contribution in [-0.4, -0.2) is 22.3 Å². The Balaban J connectivity index is 1.52. The van der Waals surface area contributed by atoms with E-state index in [0.717, 1.165) is 4.90 Å². The molecule has 8 heteroatoms. The number of amides is 1. The number of nitrogens with zero attached hydrogens (tertiary/aromatic N) is 2. The molecular weight excluding hydrogens is 458 g/mol. The Morgan fingerprint density at radius 1 is 1.00 bits per heavy atom. The lowest BCUT2D eigenvalue weighted by atomic mass is 10.2. The van der Waals surface area contributed by atoms with Crippen molar-refractivity contribution in [1.82, 2.24) is 9.78 Å². The Bertz CT molecular complexity index is 1320. The SMILES string of the molecule is CCOc1ccccc1NC(=O)c1ccc(-n2nc(Sc3ccc(Cl)cc3)ccc2=O)cc1. The number of para-hydroxylation sites is 2. The van der Waals surface area contributed by atoms with Crippen LogP contribution in [0.4, 0.5) is 5.69 Å². The first-order valence-electron chi connectivity index (χ1n) is 10.2. The van der Waals surface area contributed by atoms with Gasteiger partial charge in [0.2, 0.25) is 0 Å². The average Bonchev–Trinajstić information content (AvgIpc) is 2.83. The molecule has 0 saturated heterocycles. The quantitative estimate of drug-likeness (QED) is 0.370. The van der Waals surface area contributed by atoms with Crippen molar-refractivity contribution in [3.05, 3.63) is 106 Å². The molecule has 3 aromatic carbocycles. The van der Waals surface area contributed by atoms with Crippen LogP contribution < -0.4 is 15.6 Å². The van der Waals surface area contributed by atoms with Crippen molar-refractivity contribution in [2.24, 2.45) is 0 Å². The number of rotatable bonds is 7. The van der Waals surface area contributed by atoms with Gasteiger partial charge in [0.15, 0.2) is 0 Å². The van der Waals surface area contributed by atoms with Crippen LogP contribution in [0.15, 0.2) is 99.6 Å². The average molecular weight is 478 g/mol. The van der Waals surface area contributed by atoms with E-state index in [9.17, 15) is 9.59 Å². The summed E-state index contributed by atoms with van der Waals surface area (Å²) in [6, 6.07) is 24.5. The molecule has 166 valence electrons. The maximum absolute atomic E-state index is 12.7. The number of carbonyl (C=O) groups is 1. The molecule has 0 saturated carbocycles. The molecule has 1 heterocycles. The second kappa shape index (κ2) is 10.4. The number of halogens is 1. The number of carbonyl (C=O) groups excluding carboxylic acids is 1. The number of ether oxygens (including phenoxy) is 1. The van der Waals surface area contributed by atoms with Crippen LogP contribution in [0.2, 0.25) is 5.02 Å². The normalized spacial score (nSPS) is 10.6. The molecule has 0 aliphatic carbocycles. The molecule has 1 aromatic heterocycles. The number of anilines is 1. The first-order valence-corrected chi connectivity index (χ1v) is 11.4. The summed E-state index contributed by atoms with van der Waals surface area (Å²) in [6.45, 7) is 2.38. The Hall–Kier alpha value is -3.55. The van der Waals surface area contributed by atoms with E-state index in [4.69, 9.17) is 16.3 Å². The van der Waals surface area contributed by atoms with Gasteiger partial charge in [-0.25, -0.2) is 0 Å². The van der Waals surface area contributed by atoms with E-state index >= 15 is 0 Å². The predicted octanol–water partition coefficient (Wildman–Crippen LogP) is 5.69. The zero-order valence-corrected chi connectivity index (χ0v) is 19.3. The van der Waals surface area contributed by atoms with E-state index in [1.807, 2.05) is 31.2 Å². The summed E-state index contributed by atoms with van der Waals surface area (Å²) in [5.74, 6) is 0.330. The van der Waals surface area contributed by atoms with Gasteiger partial charge in [0, 0.05) is 21.5 Å². The molecular formula is C25H20ClN3O3S. The molecule has 0 atom stereocenters. The Morgan fingerprint density at radius 2 is 1.73 bits per heavy atom. The fourth-order valence-electron chi connectivity index (χ4n) is 3.06. The molecule has 1 amide bonds. The highest BCUT2D eigenvalue weighted by atomic mass is 35.5. The van der Waals surface area contributed by atoms with Crippen LogP contribution in [0.25, 0.3) is 5.69 Å². The zero-order valence-electron chi connectivity index (χ0n) is 17.7. The molecule has 4 rings (SSSR count). The van der Waals surface area contributed by atoms with E-state index in [-0.39, 0.29) is 11.5 Å². The zero-order chi connectivity index (χ0) is 23.2. The summed E-state index contributed by atoms with van der Waals surface area (Å²) in [4.78, 5) is 26.1. The van der Waals surface area contributed by atoms with Gasteiger partial charge in [-0.2, -0.15) is 9.78 Å². The smallest absolute Gasteiger partial charge is 0.271 e. The Kier molecular flexibility index (Phi) is 7.12. The summed E-state index contributed by atoms with van der Waals surface area (Å²) < 4.78 is 6.86. The van der Waals surface area contributed by atoms with Crippen LogP contribution in [-0.2, 0) is 0 Å². The van der Waals surface area contributed by atoms with E-state index in [0.29, 0.717) is 39.3 Å².